The molecular weight excluding hydrogens is 552 g/mol. The van der Waals surface area contributed by atoms with Gasteiger partial charge >= 0.3 is 11.9 Å². The molecule has 0 saturated heterocycles. The fourth-order valence-corrected chi connectivity index (χ4v) is 4.64. The Morgan fingerprint density at radius 3 is 1.39 bits per heavy atom. The first-order chi connectivity index (χ1) is 21.6. The average molecular weight is 619 g/mol. The molecule has 0 aromatic rings. The fourth-order valence-electron chi connectivity index (χ4n) is 4.64. The highest BCUT2D eigenvalue weighted by Gasteiger charge is 2.11. The predicted molar refractivity (Wildman–Crippen MR) is 183 cm³/mol. The second kappa shape index (κ2) is 35.3. The first-order valence-electron chi connectivity index (χ1n) is 17.8. The number of hydrogen-bond donors (Lipinski definition) is 2. The molecule has 0 aliphatic carbocycles. The second-order valence-corrected chi connectivity index (χ2v) is 11.7. The Bertz CT molecular complexity index is 754. The maximum absolute atomic E-state index is 11.9. The summed E-state index contributed by atoms with van der Waals surface area (Å²) in [7, 11) is 0. The average Bonchev–Trinajstić information content (AvgIpc) is 3.02. The maximum atomic E-state index is 11.9. The third kappa shape index (κ3) is 34.3. The lowest BCUT2D eigenvalue weighted by molar-refractivity contribution is -0.152. The minimum atomic E-state index is -0.990. The van der Waals surface area contributed by atoms with Crippen LogP contribution in [0.25, 0.3) is 0 Å². The maximum Gasteiger partial charge on any atom is 0.305 e. The second-order valence-electron chi connectivity index (χ2n) is 11.7. The largest absolute Gasteiger partial charge is 0.463 e. The van der Waals surface area contributed by atoms with Gasteiger partial charge in [-0.1, -0.05) is 133 Å². The highest BCUT2D eigenvalue weighted by atomic mass is 16.6. The van der Waals surface area contributed by atoms with E-state index >= 15 is 0 Å². The van der Waals surface area contributed by atoms with Crippen LogP contribution in [0.4, 0.5) is 0 Å². The molecule has 0 fully saturated rings. The van der Waals surface area contributed by atoms with Crippen molar-refractivity contribution in [3.63, 3.8) is 0 Å². The monoisotopic (exact) mass is 618 g/mol. The Morgan fingerprint density at radius 2 is 0.909 bits per heavy atom. The summed E-state index contributed by atoms with van der Waals surface area (Å²) in [5, 5.41) is 18.7. The fraction of sp³-hybridized carbons (Fsp3) is 0.737. The lowest BCUT2D eigenvalue weighted by atomic mass is 10.0. The zero-order valence-corrected chi connectivity index (χ0v) is 28.1. The third-order valence-electron chi connectivity index (χ3n) is 7.37. The molecule has 0 aliphatic rings. The number of hydrogen-bond acceptors (Lipinski definition) is 6. The molecular formula is C38H66O6. The molecule has 0 bridgehead atoms. The molecule has 0 unspecified atom stereocenters. The predicted octanol–water partition coefficient (Wildman–Crippen LogP) is 9.64. The molecule has 2 N–H and O–H groups in total. The van der Waals surface area contributed by atoms with Gasteiger partial charge in [-0.15, -0.1) is 0 Å². The van der Waals surface area contributed by atoms with Crippen molar-refractivity contribution in [1.82, 2.24) is 0 Å². The summed E-state index contributed by atoms with van der Waals surface area (Å²) in [6, 6.07) is 0. The molecule has 0 rings (SSSR count). The molecule has 0 aromatic heterocycles. The van der Waals surface area contributed by atoms with Crippen molar-refractivity contribution >= 4 is 11.9 Å². The number of aliphatic hydroxyl groups is 2. The molecule has 44 heavy (non-hydrogen) atoms. The molecule has 254 valence electrons. The number of esters is 2. The Hall–Kier alpha value is -2.18. The van der Waals surface area contributed by atoms with Gasteiger partial charge in [0.05, 0.1) is 0 Å². The van der Waals surface area contributed by atoms with E-state index in [9.17, 15) is 14.7 Å². The number of rotatable bonds is 32. The number of ether oxygens (including phenoxy) is 2. The number of allylic oxidation sites excluding steroid dienone is 8. The van der Waals surface area contributed by atoms with E-state index in [1.165, 1.54) is 57.8 Å². The summed E-state index contributed by atoms with van der Waals surface area (Å²) in [6.07, 6.45) is 40.3. The topological polar surface area (TPSA) is 93.1 Å². The van der Waals surface area contributed by atoms with Gasteiger partial charge in [-0.2, -0.15) is 0 Å². The summed E-state index contributed by atoms with van der Waals surface area (Å²) in [4.78, 5) is 23.8. The van der Waals surface area contributed by atoms with E-state index in [1.54, 1.807) is 0 Å². The van der Waals surface area contributed by atoms with Crippen LogP contribution in [0, 0.1) is 0 Å². The quantitative estimate of drug-likeness (QED) is 0.0443. The Kier molecular flexibility index (Phi) is 33.6. The van der Waals surface area contributed by atoms with E-state index in [-0.39, 0.29) is 25.2 Å². The minimum Gasteiger partial charge on any atom is -0.463 e. The SMILES string of the molecule is CCCCCCCCCCCCCCC(=O)OC[C@@H](O)COC(=O)CCC/C=C\C/C=C\C/C=C\C/C=C\CCCCCO. The lowest BCUT2D eigenvalue weighted by Crippen LogP contribution is -2.25. The number of unbranched alkanes of at least 4 members (excludes halogenated alkanes) is 15. The van der Waals surface area contributed by atoms with E-state index in [4.69, 9.17) is 14.6 Å². The molecule has 6 heteroatoms. The summed E-state index contributed by atoms with van der Waals surface area (Å²) < 4.78 is 10.2. The Morgan fingerprint density at radius 1 is 0.523 bits per heavy atom. The lowest BCUT2D eigenvalue weighted by Gasteiger charge is -2.12. The zero-order chi connectivity index (χ0) is 32.2. The highest BCUT2D eigenvalue weighted by molar-refractivity contribution is 5.69. The molecule has 0 aliphatic heterocycles. The van der Waals surface area contributed by atoms with Crippen LogP contribution in [0.15, 0.2) is 48.6 Å². The third-order valence-corrected chi connectivity index (χ3v) is 7.37. The molecule has 0 radical (unpaired) electrons. The van der Waals surface area contributed by atoms with Crippen molar-refractivity contribution < 1.29 is 29.3 Å². The van der Waals surface area contributed by atoms with Crippen LogP contribution in [0.5, 0.6) is 0 Å². The molecule has 1 atom stereocenters. The first-order valence-corrected chi connectivity index (χ1v) is 17.8. The van der Waals surface area contributed by atoms with Gasteiger partial charge in [-0.3, -0.25) is 9.59 Å². The van der Waals surface area contributed by atoms with Crippen molar-refractivity contribution in [3.8, 4) is 0 Å². The molecule has 0 heterocycles. The minimum absolute atomic E-state index is 0.139. The number of carbonyl (C=O) groups is 2. The van der Waals surface area contributed by atoms with Crippen LogP contribution in [0.3, 0.4) is 0 Å². The number of aliphatic hydroxyl groups excluding tert-OH is 2. The van der Waals surface area contributed by atoms with Crippen LogP contribution < -0.4 is 0 Å². The summed E-state index contributed by atoms with van der Waals surface area (Å²) in [6.45, 7) is 2.25. The Balaban J connectivity index is 3.56. The van der Waals surface area contributed by atoms with Crippen molar-refractivity contribution in [2.24, 2.45) is 0 Å². The van der Waals surface area contributed by atoms with E-state index < -0.39 is 6.10 Å². The van der Waals surface area contributed by atoms with Crippen molar-refractivity contribution in [2.45, 2.75) is 161 Å². The smallest absolute Gasteiger partial charge is 0.305 e. The first kappa shape index (κ1) is 41.8. The van der Waals surface area contributed by atoms with Gasteiger partial charge in [-0.25, -0.2) is 0 Å². The van der Waals surface area contributed by atoms with Gasteiger partial charge in [0.25, 0.3) is 0 Å². The summed E-state index contributed by atoms with van der Waals surface area (Å²) in [5.41, 5.74) is 0. The van der Waals surface area contributed by atoms with Crippen molar-refractivity contribution in [2.75, 3.05) is 19.8 Å². The molecule has 0 saturated carbocycles. The normalized spacial score (nSPS) is 12.7. The summed E-state index contributed by atoms with van der Waals surface area (Å²) in [5.74, 6) is -0.644. The van der Waals surface area contributed by atoms with Crippen LogP contribution >= 0.6 is 0 Å². The van der Waals surface area contributed by atoms with E-state index in [1.807, 2.05) is 0 Å². The zero-order valence-electron chi connectivity index (χ0n) is 28.1. The van der Waals surface area contributed by atoms with Gasteiger partial charge in [0.1, 0.15) is 19.3 Å². The van der Waals surface area contributed by atoms with Crippen LogP contribution in [0.2, 0.25) is 0 Å². The molecule has 0 amide bonds. The van der Waals surface area contributed by atoms with Crippen LogP contribution in [0.1, 0.15) is 155 Å². The molecule has 6 nitrogen and oxygen atoms in total. The van der Waals surface area contributed by atoms with E-state index in [2.05, 4.69) is 55.5 Å². The van der Waals surface area contributed by atoms with E-state index in [0.717, 1.165) is 70.6 Å². The molecule has 0 spiro atoms. The van der Waals surface area contributed by atoms with Gasteiger partial charge in [-0.05, 0) is 57.8 Å². The standard InChI is InChI=1S/C38H66O6/c1-2-3-4-5-6-7-8-16-19-22-25-28-31-37(41)43-34-36(40)35-44-38(42)32-29-26-23-20-17-14-12-10-9-11-13-15-18-21-24-27-30-33-39/h9,11-12,14-15,18,20,23,36,39-40H,2-8,10,13,16-17,19,21-22,24-35H2,1H3/b11-9-,14-12-,18-15-,23-20-/t36-/m1/s1. The number of carbonyl (C=O) groups excluding carboxylic acids is 2. The molecule has 0 aromatic carbocycles. The van der Waals surface area contributed by atoms with Gasteiger partial charge in [0.15, 0.2) is 0 Å². The van der Waals surface area contributed by atoms with E-state index in [0.29, 0.717) is 25.9 Å². The van der Waals surface area contributed by atoms with Crippen molar-refractivity contribution in [3.05, 3.63) is 48.6 Å². The van der Waals surface area contributed by atoms with Gasteiger partial charge in [0, 0.05) is 19.4 Å². The van der Waals surface area contributed by atoms with Crippen LogP contribution in [-0.4, -0.2) is 48.1 Å². The van der Waals surface area contributed by atoms with Crippen molar-refractivity contribution in [1.29, 1.82) is 0 Å². The Labute approximate surface area is 270 Å². The summed E-state index contributed by atoms with van der Waals surface area (Å²) >= 11 is 0. The van der Waals surface area contributed by atoms with Crippen LogP contribution in [-0.2, 0) is 19.1 Å². The van der Waals surface area contributed by atoms with Gasteiger partial charge < -0.3 is 19.7 Å². The highest BCUT2D eigenvalue weighted by Crippen LogP contribution is 2.13. The van der Waals surface area contributed by atoms with Gasteiger partial charge in [0.2, 0.25) is 0 Å².